The minimum Gasteiger partial charge on any atom is -0.389 e. The van der Waals surface area contributed by atoms with E-state index in [0.717, 1.165) is 26.1 Å². The van der Waals surface area contributed by atoms with Crippen LogP contribution in [0, 0.1) is 0 Å². The lowest BCUT2D eigenvalue weighted by molar-refractivity contribution is -0.190. The molecule has 0 aromatic heterocycles. The number of morpholine rings is 1. The van der Waals surface area contributed by atoms with Crippen molar-refractivity contribution in [2.24, 2.45) is 0 Å². The van der Waals surface area contributed by atoms with E-state index in [1.807, 2.05) is 6.92 Å². The summed E-state index contributed by atoms with van der Waals surface area (Å²) in [6.45, 7) is 4.89. The lowest BCUT2D eigenvalue weighted by atomic mass is 9.98. The van der Waals surface area contributed by atoms with Crippen molar-refractivity contribution in [1.82, 2.24) is 4.90 Å². The summed E-state index contributed by atoms with van der Waals surface area (Å²) >= 11 is 0. The standard InChI is InChI=1S/C11H21NO4/c1-8-11(13)9(3-5-15-8)12-4-6-16-10(7-12)14-2/h8-11,13H,3-7H2,1-2H3/t8-,9-,10?,11+/m0/s1. The Balaban J connectivity index is 1.94. The molecule has 2 saturated heterocycles. The van der Waals surface area contributed by atoms with E-state index < -0.39 is 6.10 Å². The molecule has 0 saturated carbocycles. The van der Waals surface area contributed by atoms with E-state index >= 15 is 0 Å². The summed E-state index contributed by atoms with van der Waals surface area (Å²) < 4.78 is 16.1. The molecule has 1 unspecified atom stereocenters. The Labute approximate surface area is 96.3 Å². The third-order valence-electron chi connectivity index (χ3n) is 3.47. The van der Waals surface area contributed by atoms with E-state index in [4.69, 9.17) is 14.2 Å². The van der Waals surface area contributed by atoms with Crippen molar-refractivity contribution < 1.29 is 19.3 Å². The third kappa shape index (κ3) is 2.55. The fraction of sp³-hybridized carbons (Fsp3) is 1.00. The molecule has 4 atom stereocenters. The summed E-state index contributed by atoms with van der Waals surface area (Å²) in [5, 5.41) is 10.1. The second kappa shape index (κ2) is 5.42. The molecule has 0 aromatic carbocycles. The summed E-state index contributed by atoms with van der Waals surface area (Å²) in [4.78, 5) is 2.25. The number of hydrogen-bond donors (Lipinski definition) is 1. The largest absolute Gasteiger partial charge is 0.389 e. The summed E-state index contributed by atoms with van der Waals surface area (Å²) in [5.41, 5.74) is 0. The number of rotatable bonds is 2. The maximum Gasteiger partial charge on any atom is 0.169 e. The monoisotopic (exact) mass is 231 g/mol. The number of ether oxygens (including phenoxy) is 3. The van der Waals surface area contributed by atoms with Crippen molar-refractivity contribution >= 4 is 0 Å². The molecule has 0 aliphatic carbocycles. The predicted octanol–water partition coefficient (Wildman–Crippen LogP) is -0.171. The molecule has 0 spiro atoms. The smallest absolute Gasteiger partial charge is 0.169 e. The Bertz CT molecular complexity index is 226. The van der Waals surface area contributed by atoms with Crippen LogP contribution in [0.5, 0.6) is 0 Å². The molecule has 2 rings (SSSR count). The summed E-state index contributed by atoms with van der Waals surface area (Å²) in [5.74, 6) is 0. The van der Waals surface area contributed by atoms with E-state index in [9.17, 15) is 5.11 Å². The van der Waals surface area contributed by atoms with Gasteiger partial charge in [0.2, 0.25) is 0 Å². The highest BCUT2D eigenvalue weighted by Crippen LogP contribution is 2.22. The molecule has 2 aliphatic rings. The lowest BCUT2D eigenvalue weighted by Crippen LogP contribution is -2.57. The maximum absolute atomic E-state index is 10.1. The average molecular weight is 231 g/mol. The van der Waals surface area contributed by atoms with E-state index in [2.05, 4.69) is 4.90 Å². The number of methoxy groups -OCH3 is 1. The van der Waals surface area contributed by atoms with Gasteiger partial charge in [-0.3, -0.25) is 4.90 Å². The SMILES string of the molecule is COC1CN([C@H]2CCO[C@@H](C)[C@H]2O)CCO1. The number of aliphatic hydroxyl groups is 1. The molecule has 0 bridgehead atoms. The first-order valence-electron chi connectivity index (χ1n) is 5.90. The van der Waals surface area contributed by atoms with Crippen LogP contribution in [0.4, 0.5) is 0 Å². The van der Waals surface area contributed by atoms with Gasteiger partial charge < -0.3 is 19.3 Å². The van der Waals surface area contributed by atoms with Gasteiger partial charge >= 0.3 is 0 Å². The first-order valence-corrected chi connectivity index (χ1v) is 5.90. The molecular formula is C11H21NO4. The van der Waals surface area contributed by atoms with E-state index in [1.54, 1.807) is 7.11 Å². The van der Waals surface area contributed by atoms with Crippen LogP contribution in [0.15, 0.2) is 0 Å². The van der Waals surface area contributed by atoms with E-state index in [1.165, 1.54) is 0 Å². The van der Waals surface area contributed by atoms with Gasteiger partial charge in [0.05, 0.1) is 18.8 Å². The van der Waals surface area contributed by atoms with Crippen LogP contribution in [0.2, 0.25) is 0 Å². The highest BCUT2D eigenvalue weighted by Gasteiger charge is 2.36. The molecule has 94 valence electrons. The van der Waals surface area contributed by atoms with Crippen molar-refractivity contribution in [2.75, 3.05) is 33.4 Å². The summed E-state index contributed by atoms with van der Waals surface area (Å²) in [6.07, 6.45) is 0.216. The molecule has 0 radical (unpaired) electrons. The number of nitrogens with zero attached hydrogens (tertiary/aromatic N) is 1. The fourth-order valence-corrected chi connectivity index (χ4v) is 2.44. The van der Waals surface area contributed by atoms with Gasteiger partial charge in [0.25, 0.3) is 0 Å². The highest BCUT2D eigenvalue weighted by molar-refractivity contribution is 4.87. The van der Waals surface area contributed by atoms with Gasteiger partial charge in [-0.15, -0.1) is 0 Å². The Morgan fingerprint density at radius 2 is 2.12 bits per heavy atom. The predicted molar refractivity (Wildman–Crippen MR) is 58.1 cm³/mol. The zero-order valence-electron chi connectivity index (χ0n) is 9.96. The average Bonchev–Trinajstić information content (AvgIpc) is 2.33. The van der Waals surface area contributed by atoms with Crippen molar-refractivity contribution in [1.29, 1.82) is 0 Å². The Morgan fingerprint density at radius 3 is 2.88 bits per heavy atom. The third-order valence-corrected chi connectivity index (χ3v) is 3.47. The van der Waals surface area contributed by atoms with Gasteiger partial charge in [-0.05, 0) is 13.3 Å². The minimum absolute atomic E-state index is 0.0809. The quantitative estimate of drug-likeness (QED) is 0.715. The molecule has 16 heavy (non-hydrogen) atoms. The Hall–Kier alpha value is -0.200. The van der Waals surface area contributed by atoms with Crippen molar-refractivity contribution in [3.05, 3.63) is 0 Å². The summed E-state index contributed by atoms with van der Waals surface area (Å²) in [7, 11) is 1.65. The fourth-order valence-electron chi connectivity index (χ4n) is 2.44. The molecule has 0 amide bonds. The molecule has 0 aromatic rings. The molecule has 5 heteroatoms. The van der Waals surface area contributed by atoms with Crippen LogP contribution in [0.1, 0.15) is 13.3 Å². The minimum atomic E-state index is -0.413. The first kappa shape index (κ1) is 12.3. The van der Waals surface area contributed by atoms with Gasteiger partial charge in [-0.2, -0.15) is 0 Å². The van der Waals surface area contributed by atoms with Crippen molar-refractivity contribution in [3.8, 4) is 0 Å². The number of aliphatic hydroxyl groups excluding tert-OH is 1. The molecule has 2 heterocycles. The van der Waals surface area contributed by atoms with Gasteiger partial charge in [-0.25, -0.2) is 0 Å². The van der Waals surface area contributed by atoms with Crippen LogP contribution >= 0.6 is 0 Å². The first-order chi connectivity index (χ1) is 7.72. The number of hydrogen-bond acceptors (Lipinski definition) is 5. The Kier molecular flexibility index (Phi) is 4.16. The normalized spacial score (nSPS) is 42.2. The van der Waals surface area contributed by atoms with Gasteiger partial charge in [0.15, 0.2) is 6.29 Å². The lowest BCUT2D eigenvalue weighted by Gasteiger charge is -2.43. The molecule has 2 aliphatic heterocycles. The zero-order chi connectivity index (χ0) is 11.5. The van der Waals surface area contributed by atoms with Gasteiger partial charge in [0, 0.05) is 32.8 Å². The van der Waals surface area contributed by atoms with Crippen LogP contribution in [0.3, 0.4) is 0 Å². The van der Waals surface area contributed by atoms with Crippen molar-refractivity contribution in [3.63, 3.8) is 0 Å². The van der Waals surface area contributed by atoms with Crippen LogP contribution < -0.4 is 0 Å². The topological polar surface area (TPSA) is 51.2 Å². The molecule has 5 nitrogen and oxygen atoms in total. The van der Waals surface area contributed by atoms with Crippen LogP contribution in [0.25, 0.3) is 0 Å². The molecule has 2 fully saturated rings. The van der Waals surface area contributed by atoms with E-state index in [-0.39, 0.29) is 18.4 Å². The van der Waals surface area contributed by atoms with Gasteiger partial charge in [-0.1, -0.05) is 0 Å². The van der Waals surface area contributed by atoms with Crippen molar-refractivity contribution in [2.45, 2.75) is 37.9 Å². The van der Waals surface area contributed by atoms with Gasteiger partial charge in [0.1, 0.15) is 0 Å². The Morgan fingerprint density at radius 1 is 1.31 bits per heavy atom. The zero-order valence-corrected chi connectivity index (χ0v) is 9.96. The summed E-state index contributed by atoms with van der Waals surface area (Å²) in [6, 6.07) is 0.172. The van der Waals surface area contributed by atoms with E-state index in [0.29, 0.717) is 6.61 Å². The van der Waals surface area contributed by atoms with Crippen LogP contribution in [-0.4, -0.2) is 68.0 Å². The maximum atomic E-state index is 10.1. The second-order valence-corrected chi connectivity index (χ2v) is 4.45. The second-order valence-electron chi connectivity index (χ2n) is 4.45. The molecular weight excluding hydrogens is 210 g/mol. The highest BCUT2D eigenvalue weighted by atomic mass is 16.7. The van der Waals surface area contributed by atoms with Crippen LogP contribution in [-0.2, 0) is 14.2 Å². The molecule has 1 N–H and O–H groups in total.